The van der Waals surface area contributed by atoms with Crippen molar-refractivity contribution in [2.75, 3.05) is 22.5 Å². The summed E-state index contributed by atoms with van der Waals surface area (Å²) in [6, 6.07) is 19.3. The zero-order valence-corrected chi connectivity index (χ0v) is 20.1. The van der Waals surface area contributed by atoms with Crippen LogP contribution < -0.4 is 10.2 Å². The van der Waals surface area contributed by atoms with Crippen LogP contribution in [-0.4, -0.2) is 38.9 Å². The largest absolute Gasteiger partial charge is 0.469 e. The topological polar surface area (TPSA) is 93.3 Å². The van der Waals surface area contributed by atoms with Gasteiger partial charge in [0.1, 0.15) is 5.76 Å². The number of aromatic nitrogens is 3. The zero-order chi connectivity index (χ0) is 24.2. The molecule has 2 aromatic carbocycles. The van der Waals surface area contributed by atoms with E-state index in [0.717, 1.165) is 29.0 Å². The Kier molecular flexibility index (Phi) is 6.67. The minimum absolute atomic E-state index is 0.0807. The number of rotatable bonds is 8. The van der Waals surface area contributed by atoms with Gasteiger partial charge in [-0.15, -0.1) is 10.2 Å². The van der Waals surface area contributed by atoms with Crippen LogP contribution in [0.5, 0.6) is 0 Å². The van der Waals surface area contributed by atoms with Gasteiger partial charge in [0, 0.05) is 13.0 Å². The van der Waals surface area contributed by atoms with Gasteiger partial charge in [-0.25, -0.2) is 0 Å². The Morgan fingerprint density at radius 3 is 2.63 bits per heavy atom. The van der Waals surface area contributed by atoms with Gasteiger partial charge in [-0.05, 0) is 37.1 Å². The van der Waals surface area contributed by atoms with Crippen LogP contribution in [-0.2, 0) is 16.1 Å². The molecule has 9 heteroatoms. The number of furan rings is 1. The van der Waals surface area contributed by atoms with Crippen molar-refractivity contribution < 1.29 is 14.0 Å². The van der Waals surface area contributed by atoms with E-state index < -0.39 is 0 Å². The summed E-state index contributed by atoms with van der Waals surface area (Å²) in [6.07, 6.45) is 3.00. The number of nitrogens with one attached hydrogen (secondary N) is 1. The number of nitrogens with zero attached hydrogens (tertiary/aromatic N) is 4. The number of carbonyl (C=O) groups is 2. The minimum Gasteiger partial charge on any atom is -0.469 e. The summed E-state index contributed by atoms with van der Waals surface area (Å²) in [5.74, 6) is 1.51. The Morgan fingerprint density at radius 1 is 1.09 bits per heavy atom. The average Bonchev–Trinajstić information content (AvgIpc) is 3.59. The van der Waals surface area contributed by atoms with Crippen molar-refractivity contribution in [3.63, 3.8) is 0 Å². The SMILES string of the molecule is Cc1occc1-c1nnc(SCC(=O)Nc2ccccc2N2CCCC2=O)n1Cc1ccccc1. The monoisotopic (exact) mass is 487 g/mol. The summed E-state index contributed by atoms with van der Waals surface area (Å²) < 4.78 is 7.48. The fraction of sp³-hybridized carbons (Fsp3) is 0.231. The molecule has 1 aliphatic heterocycles. The maximum absolute atomic E-state index is 12.9. The lowest BCUT2D eigenvalue weighted by atomic mass is 10.2. The summed E-state index contributed by atoms with van der Waals surface area (Å²) in [4.78, 5) is 26.8. The average molecular weight is 488 g/mol. The highest BCUT2D eigenvalue weighted by molar-refractivity contribution is 7.99. The van der Waals surface area contributed by atoms with Crippen molar-refractivity contribution in [3.05, 3.63) is 78.3 Å². The lowest BCUT2D eigenvalue weighted by Crippen LogP contribution is -2.26. The van der Waals surface area contributed by atoms with Gasteiger partial charge >= 0.3 is 0 Å². The lowest BCUT2D eigenvalue weighted by Gasteiger charge is -2.19. The molecule has 0 bridgehead atoms. The number of amides is 2. The van der Waals surface area contributed by atoms with E-state index >= 15 is 0 Å². The highest BCUT2D eigenvalue weighted by Crippen LogP contribution is 2.31. The highest BCUT2D eigenvalue weighted by atomic mass is 32.2. The minimum atomic E-state index is -0.176. The second-order valence-electron chi connectivity index (χ2n) is 8.27. The Labute approximate surface area is 207 Å². The van der Waals surface area contributed by atoms with E-state index in [1.54, 1.807) is 11.2 Å². The Morgan fingerprint density at radius 2 is 1.89 bits per heavy atom. The van der Waals surface area contributed by atoms with Crippen LogP contribution in [0.1, 0.15) is 24.2 Å². The molecule has 4 aromatic rings. The van der Waals surface area contributed by atoms with Crippen molar-refractivity contribution in [2.45, 2.75) is 31.5 Å². The highest BCUT2D eigenvalue weighted by Gasteiger charge is 2.24. The predicted molar refractivity (Wildman–Crippen MR) is 135 cm³/mol. The first-order valence-corrected chi connectivity index (χ1v) is 12.4. The van der Waals surface area contributed by atoms with Gasteiger partial charge in [0.25, 0.3) is 0 Å². The molecular formula is C26H25N5O3S. The fourth-order valence-corrected chi connectivity index (χ4v) is 4.89. The zero-order valence-electron chi connectivity index (χ0n) is 19.3. The Bertz CT molecular complexity index is 1350. The van der Waals surface area contributed by atoms with Crippen molar-refractivity contribution in [1.29, 1.82) is 0 Å². The number of carbonyl (C=O) groups excluding carboxylic acids is 2. The second kappa shape index (κ2) is 10.2. The quantitative estimate of drug-likeness (QED) is 0.361. The molecule has 1 fully saturated rings. The summed E-state index contributed by atoms with van der Waals surface area (Å²) >= 11 is 1.32. The van der Waals surface area contributed by atoms with E-state index in [4.69, 9.17) is 4.42 Å². The van der Waals surface area contributed by atoms with E-state index in [0.29, 0.717) is 36.2 Å². The van der Waals surface area contributed by atoms with Crippen LogP contribution >= 0.6 is 11.8 Å². The third-order valence-electron chi connectivity index (χ3n) is 5.87. The smallest absolute Gasteiger partial charge is 0.234 e. The molecule has 178 valence electrons. The van der Waals surface area contributed by atoms with Crippen molar-refractivity contribution in [2.24, 2.45) is 0 Å². The molecule has 35 heavy (non-hydrogen) atoms. The second-order valence-corrected chi connectivity index (χ2v) is 9.21. The molecule has 1 saturated heterocycles. The maximum Gasteiger partial charge on any atom is 0.234 e. The van der Waals surface area contributed by atoms with Gasteiger partial charge in [-0.3, -0.25) is 14.2 Å². The number of para-hydroxylation sites is 2. The van der Waals surface area contributed by atoms with Crippen LogP contribution in [0.2, 0.25) is 0 Å². The van der Waals surface area contributed by atoms with E-state index in [2.05, 4.69) is 15.5 Å². The number of hydrogen-bond donors (Lipinski definition) is 1. The van der Waals surface area contributed by atoms with Gasteiger partial charge < -0.3 is 14.6 Å². The van der Waals surface area contributed by atoms with E-state index in [1.165, 1.54) is 11.8 Å². The molecule has 1 N–H and O–H groups in total. The van der Waals surface area contributed by atoms with Gasteiger partial charge in [0.15, 0.2) is 11.0 Å². The van der Waals surface area contributed by atoms with Crippen molar-refractivity contribution >= 4 is 35.0 Å². The number of benzene rings is 2. The van der Waals surface area contributed by atoms with Crippen molar-refractivity contribution in [1.82, 2.24) is 14.8 Å². The molecule has 0 unspecified atom stereocenters. The third-order valence-corrected chi connectivity index (χ3v) is 6.84. The van der Waals surface area contributed by atoms with Gasteiger partial charge in [-0.1, -0.05) is 54.2 Å². The van der Waals surface area contributed by atoms with Gasteiger partial charge in [-0.2, -0.15) is 0 Å². The van der Waals surface area contributed by atoms with Crippen molar-refractivity contribution in [3.8, 4) is 11.4 Å². The first-order valence-electron chi connectivity index (χ1n) is 11.4. The molecular weight excluding hydrogens is 462 g/mol. The molecule has 0 atom stereocenters. The summed E-state index contributed by atoms with van der Waals surface area (Å²) in [5.41, 5.74) is 3.34. The Hall–Kier alpha value is -3.85. The third kappa shape index (κ3) is 5.00. The first-order chi connectivity index (χ1) is 17.1. The molecule has 2 amide bonds. The first kappa shape index (κ1) is 22.9. The van der Waals surface area contributed by atoms with E-state index in [9.17, 15) is 9.59 Å². The predicted octanol–water partition coefficient (Wildman–Crippen LogP) is 4.75. The molecule has 5 rings (SSSR count). The lowest BCUT2D eigenvalue weighted by molar-refractivity contribution is -0.117. The van der Waals surface area contributed by atoms with E-state index in [-0.39, 0.29) is 17.6 Å². The van der Waals surface area contributed by atoms with Gasteiger partial charge in [0.2, 0.25) is 11.8 Å². The van der Waals surface area contributed by atoms with Crippen LogP contribution in [0, 0.1) is 6.92 Å². The maximum atomic E-state index is 12.9. The fourth-order valence-electron chi connectivity index (χ4n) is 4.15. The molecule has 0 radical (unpaired) electrons. The number of thioether (sulfide) groups is 1. The van der Waals surface area contributed by atoms with Crippen LogP contribution in [0.15, 0.2) is 76.5 Å². The number of hydrogen-bond acceptors (Lipinski definition) is 6. The molecule has 0 aliphatic carbocycles. The van der Waals surface area contributed by atoms with Crippen LogP contribution in [0.25, 0.3) is 11.4 Å². The molecule has 1 aliphatic rings. The summed E-state index contributed by atoms with van der Waals surface area (Å²) in [7, 11) is 0. The Balaban J connectivity index is 1.34. The molecule has 3 heterocycles. The van der Waals surface area contributed by atoms with Crippen LogP contribution in [0.3, 0.4) is 0 Å². The number of aryl methyl sites for hydroxylation is 1. The molecule has 0 spiro atoms. The summed E-state index contributed by atoms with van der Waals surface area (Å²) in [6.45, 7) is 3.12. The van der Waals surface area contributed by atoms with E-state index in [1.807, 2.05) is 72.2 Å². The molecule has 0 saturated carbocycles. The van der Waals surface area contributed by atoms with Gasteiger partial charge in [0.05, 0.1) is 35.5 Å². The summed E-state index contributed by atoms with van der Waals surface area (Å²) in [5, 5.41) is 12.4. The molecule has 8 nitrogen and oxygen atoms in total. The van der Waals surface area contributed by atoms with Crippen LogP contribution in [0.4, 0.5) is 11.4 Å². The standard InChI is InChI=1S/C26H25N5O3S/c1-18-20(13-15-34-18)25-28-29-26(31(25)16-19-8-3-2-4-9-19)35-17-23(32)27-21-10-5-6-11-22(21)30-14-7-12-24(30)33/h2-6,8-11,13,15H,7,12,14,16-17H2,1H3,(H,27,32). The normalized spacial score (nSPS) is 13.4. The number of anilines is 2. The molecule has 2 aromatic heterocycles.